The van der Waals surface area contributed by atoms with Crippen LogP contribution in [0.15, 0.2) is 0 Å². The maximum absolute atomic E-state index is 12.2. The SMILES string of the molecule is NC(=S)C(COC(C(F)(F)F)C(F)(F)F)C(F)(F)F. The van der Waals surface area contributed by atoms with Gasteiger partial charge in [0.15, 0.2) is 0 Å². The average molecular weight is 323 g/mol. The van der Waals surface area contributed by atoms with Crippen LogP contribution in [-0.2, 0) is 4.74 Å². The molecule has 0 rings (SSSR count). The summed E-state index contributed by atoms with van der Waals surface area (Å²) in [7, 11) is 0. The minimum absolute atomic E-state index is 1.31. The molecule has 0 aliphatic rings. The van der Waals surface area contributed by atoms with Crippen molar-refractivity contribution >= 4 is 17.2 Å². The molecule has 0 saturated heterocycles. The van der Waals surface area contributed by atoms with Gasteiger partial charge in [-0.2, -0.15) is 39.5 Å². The van der Waals surface area contributed by atoms with E-state index in [0.717, 1.165) is 0 Å². The maximum atomic E-state index is 12.2. The number of thiocarbonyl (C=S) groups is 1. The number of nitrogens with two attached hydrogens (primary N) is 1. The molecule has 0 aliphatic carbocycles. The van der Waals surface area contributed by atoms with Gasteiger partial charge in [-0.15, -0.1) is 0 Å². The first-order chi connectivity index (χ1) is 8.17. The number of ether oxygens (including phenoxy) is 1. The number of alkyl halides is 9. The summed E-state index contributed by atoms with van der Waals surface area (Å²) in [6.07, 6.45) is -21.3. The normalized spacial score (nSPS) is 15.7. The van der Waals surface area contributed by atoms with Crippen LogP contribution in [0.5, 0.6) is 0 Å². The summed E-state index contributed by atoms with van der Waals surface area (Å²) >= 11 is 3.92. The van der Waals surface area contributed by atoms with Gasteiger partial charge >= 0.3 is 18.5 Å². The lowest BCUT2D eigenvalue weighted by molar-refractivity contribution is -0.327. The van der Waals surface area contributed by atoms with Gasteiger partial charge in [-0.1, -0.05) is 12.2 Å². The van der Waals surface area contributed by atoms with Gasteiger partial charge in [-0.3, -0.25) is 0 Å². The summed E-state index contributed by atoms with van der Waals surface area (Å²) in [5, 5.41) is 0. The highest BCUT2D eigenvalue weighted by atomic mass is 32.1. The Hall–Kier alpha value is -0.780. The molecule has 1 atom stereocenters. The minimum Gasteiger partial charge on any atom is -0.393 e. The Morgan fingerprint density at radius 3 is 1.47 bits per heavy atom. The smallest absolute Gasteiger partial charge is 0.393 e. The monoisotopic (exact) mass is 323 g/mol. The van der Waals surface area contributed by atoms with E-state index >= 15 is 0 Å². The molecule has 0 aliphatic heterocycles. The molecule has 0 aromatic carbocycles. The highest BCUT2D eigenvalue weighted by Crippen LogP contribution is 2.37. The predicted molar refractivity (Wildman–Crippen MR) is 48.2 cm³/mol. The van der Waals surface area contributed by atoms with Crippen molar-refractivity contribution in [1.82, 2.24) is 0 Å². The quantitative estimate of drug-likeness (QED) is 0.638. The highest BCUT2D eigenvalue weighted by Gasteiger charge is 2.58. The van der Waals surface area contributed by atoms with Gasteiger partial charge in [-0.05, 0) is 0 Å². The molecule has 0 radical (unpaired) electrons. The molecule has 0 bridgehead atoms. The van der Waals surface area contributed by atoms with Crippen molar-refractivity contribution in [3.05, 3.63) is 0 Å². The van der Waals surface area contributed by atoms with Crippen LogP contribution < -0.4 is 5.73 Å². The number of hydrogen-bond acceptors (Lipinski definition) is 2. The summed E-state index contributed by atoms with van der Waals surface area (Å²) in [6, 6.07) is 0. The molecular weight excluding hydrogens is 317 g/mol. The third-order valence-corrected chi connectivity index (χ3v) is 2.05. The van der Waals surface area contributed by atoms with Crippen LogP contribution in [0.2, 0.25) is 0 Å². The van der Waals surface area contributed by atoms with Crippen molar-refractivity contribution in [3.8, 4) is 0 Å². The van der Waals surface area contributed by atoms with Crippen LogP contribution in [0, 0.1) is 5.92 Å². The van der Waals surface area contributed by atoms with Crippen LogP contribution in [0.25, 0.3) is 0 Å². The second-order valence-electron chi connectivity index (χ2n) is 3.29. The van der Waals surface area contributed by atoms with Crippen molar-refractivity contribution in [1.29, 1.82) is 0 Å². The minimum atomic E-state index is -5.90. The van der Waals surface area contributed by atoms with E-state index in [2.05, 4.69) is 22.7 Å². The average Bonchev–Trinajstić information content (AvgIpc) is 2.04. The van der Waals surface area contributed by atoms with Gasteiger partial charge in [0, 0.05) is 0 Å². The van der Waals surface area contributed by atoms with Crippen LogP contribution >= 0.6 is 12.2 Å². The number of hydrogen-bond donors (Lipinski definition) is 1. The van der Waals surface area contributed by atoms with E-state index in [1.54, 1.807) is 0 Å². The molecule has 0 fully saturated rings. The molecule has 2 N–H and O–H groups in total. The fraction of sp³-hybridized carbons (Fsp3) is 0.857. The van der Waals surface area contributed by atoms with E-state index in [0.29, 0.717) is 0 Å². The van der Waals surface area contributed by atoms with Crippen LogP contribution in [-0.4, -0.2) is 36.2 Å². The van der Waals surface area contributed by atoms with Gasteiger partial charge in [0.05, 0.1) is 11.6 Å². The van der Waals surface area contributed by atoms with Crippen molar-refractivity contribution in [2.45, 2.75) is 24.6 Å². The van der Waals surface area contributed by atoms with E-state index in [1.807, 2.05) is 0 Å². The van der Waals surface area contributed by atoms with Gasteiger partial charge in [-0.25, -0.2) is 0 Å². The fourth-order valence-corrected chi connectivity index (χ4v) is 1.11. The summed E-state index contributed by atoms with van der Waals surface area (Å²) in [6.45, 7) is -1.97. The van der Waals surface area contributed by atoms with Gasteiger partial charge in [0.2, 0.25) is 6.10 Å². The van der Waals surface area contributed by atoms with E-state index < -0.39 is 42.1 Å². The number of halogens is 9. The molecule has 0 aromatic rings. The molecule has 1 unspecified atom stereocenters. The topological polar surface area (TPSA) is 35.2 Å². The van der Waals surface area contributed by atoms with E-state index in [4.69, 9.17) is 0 Å². The molecule has 19 heavy (non-hydrogen) atoms. The summed E-state index contributed by atoms with van der Waals surface area (Å²) < 4.78 is 112. The predicted octanol–water partition coefficient (Wildman–Crippen LogP) is 2.96. The molecular formula is C7H6F9NOS. The summed E-state index contributed by atoms with van der Waals surface area (Å²) in [5.41, 5.74) is 4.60. The molecule has 0 heterocycles. The second-order valence-corrected chi connectivity index (χ2v) is 3.76. The first-order valence-electron chi connectivity index (χ1n) is 4.28. The van der Waals surface area contributed by atoms with Crippen LogP contribution in [0.1, 0.15) is 0 Å². The van der Waals surface area contributed by atoms with Gasteiger partial charge in [0.1, 0.15) is 5.92 Å². The summed E-state index contributed by atoms with van der Waals surface area (Å²) in [4.78, 5) is -1.31. The van der Waals surface area contributed by atoms with E-state index in [-0.39, 0.29) is 0 Å². The van der Waals surface area contributed by atoms with Crippen LogP contribution in [0.4, 0.5) is 39.5 Å². The first-order valence-corrected chi connectivity index (χ1v) is 4.69. The zero-order chi connectivity index (χ0) is 15.6. The van der Waals surface area contributed by atoms with E-state index in [1.165, 1.54) is 0 Å². The lowest BCUT2D eigenvalue weighted by atomic mass is 10.1. The van der Waals surface area contributed by atoms with Crippen LogP contribution in [0.3, 0.4) is 0 Å². The molecule has 12 heteroatoms. The molecule has 0 spiro atoms. The lowest BCUT2D eigenvalue weighted by Gasteiger charge is -2.26. The first kappa shape index (κ1) is 18.2. The fourth-order valence-electron chi connectivity index (χ4n) is 0.905. The second kappa shape index (κ2) is 5.69. The highest BCUT2D eigenvalue weighted by molar-refractivity contribution is 7.80. The lowest BCUT2D eigenvalue weighted by Crippen LogP contribution is -2.47. The standard InChI is InChI=1S/C7H6F9NOS/c8-5(9,10)2(3(17)19)1-18-4(6(11,12)13)7(14,15)16/h2,4H,1H2,(H2,17,19). The molecule has 0 saturated carbocycles. The van der Waals surface area contributed by atoms with Crippen molar-refractivity contribution in [3.63, 3.8) is 0 Å². The Morgan fingerprint density at radius 2 is 1.26 bits per heavy atom. The number of rotatable bonds is 4. The van der Waals surface area contributed by atoms with Crippen molar-refractivity contribution in [2.75, 3.05) is 6.61 Å². The molecule has 114 valence electrons. The maximum Gasteiger partial charge on any atom is 0.423 e. The molecule has 0 amide bonds. The largest absolute Gasteiger partial charge is 0.423 e. The third-order valence-electron chi connectivity index (χ3n) is 1.76. The van der Waals surface area contributed by atoms with E-state index in [9.17, 15) is 39.5 Å². The molecule has 2 nitrogen and oxygen atoms in total. The van der Waals surface area contributed by atoms with Crippen molar-refractivity contribution < 1.29 is 44.3 Å². The van der Waals surface area contributed by atoms with Crippen molar-refractivity contribution in [2.24, 2.45) is 11.7 Å². The van der Waals surface area contributed by atoms with Gasteiger partial charge in [0.25, 0.3) is 0 Å². The zero-order valence-electron chi connectivity index (χ0n) is 8.66. The Balaban J connectivity index is 4.96. The molecule has 0 aromatic heterocycles. The summed E-state index contributed by atoms with van der Waals surface area (Å²) in [5.74, 6) is -2.89. The Kier molecular flexibility index (Phi) is 5.46. The van der Waals surface area contributed by atoms with Gasteiger partial charge < -0.3 is 10.5 Å². The Morgan fingerprint density at radius 1 is 0.895 bits per heavy atom. The zero-order valence-corrected chi connectivity index (χ0v) is 9.47. The third kappa shape index (κ3) is 5.80. The Labute approximate surface area is 105 Å². The Bertz CT molecular complexity index is 306.